The van der Waals surface area contributed by atoms with Crippen LogP contribution in [0.5, 0.6) is 0 Å². The molecule has 0 aliphatic rings. The van der Waals surface area contributed by atoms with Crippen LogP contribution in [0.4, 0.5) is 0 Å². The molecule has 0 fully saturated rings. The number of hydrogen-bond acceptors (Lipinski definition) is 4. The molecule has 0 aromatic rings. The second-order valence-electron chi connectivity index (χ2n) is 1.44. The lowest BCUT2D eigenvalue weighted by molar-refractivity contribution is 0.893. The van der Waals surface area contributed by atoms with Gasteiger partial charge in [0.2, 0.25) is 0 Å². The first-order valence-electron chi connectivity index (χ1n) is 2.58. The van der Waals surface area contributed by atoms with Gasteiger partial charge < -0.3 is 0 Å². The standard InChI is InChI=1S/C4H11NS3/c1-2-3-4-8-5(6)7/h6-7H,2-4H2,1H3. The summed E-state index contributed by atoms with van der Waals surface area (Å²) in [6.07, 6.45) is 2.48. The van der Waals surface area contributed by atoms with Crippen molar-refractivity contribution in [3.63, 3.8) is 0 Å². The van der Waals surface area contributed by atoms with Gasteiger partial charge in [-0.1, -0.05) is 50.9 Å². The number of rotatable bonds is 4. The monoisotopic (exact) mass is 169 g/mol. The van der Waals surface area contributed by atoms with E-state index in [4.69, 9.17) is 0 Å². The molecular weight excluding hydrogens is 158 g/mol. The summed E-state index contributed by atoms with van der Waals surface area (Å²) in [4.78, 5) is 0. The highest BCUT2D eigenvalue weighted by atomic mass is 32.3. The minimum Gasteiger partial charge on any atom is -0.144 e. The topological polar surface area (TPSA) is 3.24 Å². The first kappa shape index (κ1) is 9.01. The van der Waals surface area contributed by atoms with E-state index >= 15 is 0 Å². The van der Waals surface area contributed by atoms with Crippen LogP contribution in [-0.2, 0) is 0 Å². The molecule has 0 aliphatic heterocycles. The average Bonchev–Trinajstić information content (AvgIpc) is 1.66. The summed E-state index contributed by atoms with van der Waals surface area (Å²) in [6, 6.07) is 0. The van der Waals surface area contributed by atoms with Crippen LogP contribution >= 0.6 is 37.6 Å². The first-order valence-corrected chi connectivity index (χ1v) is 4.32. The number of nitrogens with zero attached hydrogens (tertiary/aromatic N) is 1. The number of thiol groups is 2. The zero-order chi connectivity index (χ0) is 6.41. The van der Waals surface area contributed by atoms with E-state index in [0.717, 1.165) is 5.75 Å². The second-order valence-corrected chi connectivity index (χ2v) is 4.13. The highest BCUT2D eigenvalue weighted by molar-refractivity contribution is 8.15. The van der Waals surface area contributed by atoms with Crippen molar-refractivity contribution in [2.45, 2.75) is 19.8 Å². The SMILES string of the molecule is CCCCSN(S)S. The van der Waals surface area contributed by atoms with Crippen molar-refractivity contribution in [3.8, 4) is 0 Å². The van der Waals surface area contributed by atoms with Crippen molar-refractivity contribution in [2.24, 2.45) is 0 Å². The van der Waals surface area contributed by atoms with Crippen LogP contribution in [0.2, 0.25) is 0 Å². The molecule has 0 aromatic carbocycles. The Bertz CT molecular complexity index is 48.5. The molecule has 8 heavy (non-hydrogen) atoms. The summed E-state index contributed by atoms with van der Waals surface area (Å²) in [5.74, 6) is 1.11. The van der Waals surface area contributed by atoms with Gasteiger partial charge in [-0.15, -0.1) is 3.12 Å². The second kappa shape index (κ2) is 6.13. The third-order valence-corrected chi connectivity index (χ3v) is 2.10. The molecule has 0 bridgehead atoms. The smallest absolute Gasteiger partial charge is 0.00980 e. The third-order valence-electron chi connectivity index (χ3n) is 0.705. The van der Waals surface area contributed by atoms with E-state index in [2.05, 4.69) is 32.6 Å². The molecule has 0 N–H and O–H groups in total. The van der Waals surface area contributed by atoms with Crippen LogP contribution in [-0.4, -0.2) is 8.87 Å². The van der Waals surface area contributed by atoms with Gasteiger partial charge in [-0.25, -0.2) is 0 Å². The van der Waals surface area contributed by atoms with E-state index in [0.29, 0.717) is 0 Å². The molecule has 0 aromatic heterocycles. The molecule has 0 spiro atoms. The maximum Gasteiger partial charge on any atom is 0.00980 e. The lowest BCUT2D eigenvalue weighted by Gasteiger charge is -2.02. The Hall–Kier alpha value is 1.01. The van der Waals surface area contributed by atoms with Crippen molar-refractivity contribution in [1.29, 1.82) is 0 Å². The Morgan fingerprint density at radius 3 is 2.50 bits per heavy atom. The maximum absolute atomic E-state index is 3.93. The van der Waals surface area contributed by atoms with Crippen molar-refractivity contribution < 1.29 is 0 Å². The summed E-state index contributed by atoms with van der Waals surface area (Å²) in [6.45, 7) is 2.17. The van der Waals surface area contributed by atoms with Gasteiger partial charge in [0.1, 0.15) is 0 Å². The third kappa shape index (κ3) is 7.01. The molecule has 0 radical (unpaired) electrons. The van der Waals surface area contributed by atoms with Gasteiger partial charge in [0.25, 0.3) is 0 Å². The van der Waals surface area contributed by atoms with E-state index in [1.807, 2.05) is 0 Å². The molecule has 50 valence electrons. The number of unbranched alkanes of at least 4 members (excludes halogenated alkanes) is 1. The Morgan fingerprint density at radius 1 is 1.50 bits per heavy atom. The highest BCUT2D eigenvalue weighted by Gasteiger charge is 1.89. The Balaban J connectivity index is 2.72. The number of hydrogen-bond donors (Lipinski definition) is 2. The van der Waals surface area contributed by atoms with Crippen LogP contribution < -0.4 is 0 Å². The van der Waals surface area contributed by atoms with Gasteiger partial charge >= 0.3 is 0 Å². The predicted octanol–water partition coefficient (Wildman–Crippen LogP) is 2.43. The van der Waals surface area contributed by atoms with Gasteiger partial charge in [0.05, 0.1) is 0 Å². The predicted molar refractivity (Wildman–Crippen MR) is 47.2 cm³/mol. The highest BCUT2D eigenvalue weighted by Crippen LogP contribution is 2.15. The van der Waals surface area contributed by atoms with E-state index in [9.17, 15) is 0 Å². The lowest BCUT2D eigenvalue weighted by Crippen LogP contribution is -1.85. The molecule has 0 atom stereocenters. The van der Waals surface area contributed by atoms with Gasteiger partial charge in [0, 0.05) is 5.75 Å². The van der Waals surface area contributed by atoms with Crippen LogP contribution in [0.3, 0.4) is 0 Å². The fourth-order valence-electron chi connectivity index (χ4n) is 0.291. The molecule has 0 aliphatic carbocycles. The fourth-order valence-corrected chi connectivity index (χ4v) is 1.36. The molecule has 1 nitrogen and oxygen atoms in total. The average molecular weight is 169 g/mol. The van der Waals surface area contributed by atoms with Gasteiger partial charge in [-0.2, -0.15) is 0 Å². The largest absolute Gasteiger partial charge is 0.144 e. The first-order chi connectivity index (χ1) is 3.77. The van der Waals surface area contributed by atoms with Crippen molar-refractivity contribution in [2.75, 3.05) is 5.75 Å². The summed E-state index contributed by atoms with van der Waals surface area (Å²) < 4.78 is 1.54. The Labute approximate surface area is 66.4 Å². The van der Waals surface area contributed by atoms with E-state index in [1.165, 1.54) is 16.0 Å². The van der Waals surface area contributed by atoms with Crippen molar-refractivity contribution in [1.82, 2.24) is 3.12 Å². The zero-order valence-corrected chi connectivity index (χ0v) is 7.48. The van der Waals surface area contributed by atoms with Crippen LogP contribution in [0.25, 0.3) is 0 Å². The van der Waals surface area contributed by atoms with E-state index in [-0.39, 0.29) is 0 Å². The Morgan fingerprint density at radius 2 is 2.12 bits per heavy atom. The molecular formula is C4H11NS3. The maximum atomic E-state index is 3.93. The minimum absolute atomic E-state index is 1.11. The van der Waals surface area contributed by atoms with Gasteiger partial charge in [0.15, 0.2) is 0 Å². The molecule has 4 heteroatoms. The zero-order valence-electron chi connectivity index (χ0n) is 4.87. The normalized spacial score (nSPS) is 10.5. The van der Waals surface area contributed by atoms with Gasteiger partial charge in [-0.3, -0.25) is 0 Å². The molecule has 0 saturated carbocycles. The van der Waals surface area contributed by atoms with Crippen LogP contribution in [0, 0.1) is 0 Å². The summed E-state index contributed by atoms with van der Waals surface area (Å²) >= 11 is 9.48. The quantitative estimate of drug-likeness (QED) is 0.378. The molecule has 0 amide bonds. The van der Waals surface area contributed by atoms with Crippen molar-refractivity contribution >= 4 is 37.6 Å². The van der Waals surface area contributed by atoms with E-state index < -0.39 is 0 Å². The lowest BCUT2D eigenvalue weighted by atomic mass is 10.4. The van der Waals surface area contributed by atoms with Crippen LogP contribution in [0.15, 0.2) is 0 Å². The minimum atomic E-state index is 1.11. The summed E-state index contributed by atoms with van der Waals surface area (Å²) in [5, 5.41) is 0. The van der Waals surface area contributed by atoms with Gasteiger partial charge in [-0.05, 0) is 6.42 Å². The summed E-state index contributed by atoms with van der Waals surface area (Å²) in [7, 11) is 0. The summed E-state index contributed by atoms with van der Waals surface area (Å²) in [5.41, 5.74) is 0. The van der Waals surface area contributed by atoms with Crippen molar-refractivity contribution in [3.05, 3.63) is 0 Å². The molecule has 0 saturated heterocycles. The molecule has 0 heterocycles. The molecule has 0 unspecified atom stereocenters. The van der Waals surface area contributed by atoms with Crippen LogP contribution in [0.1, 0.15) is 19.8 Å². The molecule has 0 rings (SSSR count). The van der Waals surface area contributed by atoms with E-state index in [1.54, 1.807) is 11.9 Å². The Kier molecular flexibility index (Phi) is 6.91. The fraction of sp³-hybridized carbons (Fsp3) is 1.00.